The molecule has 0 radical (unpaired) electrons. The number of hydrogen-bond donors (Lipinski definition) is 4. The molecular weight excluding hydrogens is 456 g/mol. The standard InChI is InChI=1S/C25H24N2O6S/c28-22(15-9-10-34-14-15)12-26-24(31)21(11-23(29)30)27-25(32)33-13-20-18-7-3-1-5-16(18)17-6-2-4-8-19(17)20/h1-10,14,20-22,28H,11-13H2,(H,26,31)(H,27,32)(H,29,30). The third-order valence-electron chi connectivity index (χ3n) is 5.73. The molecule has 4 N–H and O–H groups in total. The molecular formula is C25H24N2O6S. The Hall–Kier alpha value is -3.69. The van der Waals surface area contributed by atoms with Crippen LogP contribution in [0.2, 0.25) is 0 Å². The van der Waals surface area contributed by atoms with Gasteiger partial charge < -0.3 is 25.6 Å². The van der Waals surface area contributed by atoms with Crippen molar-refractivity contribution in [2.45, 2.75) is 24.5 Å². The Balaban J connectivity index is 1.37. The number of ether oxygens (including phenoxy) is 1. The third kappa shape index (κ3) is 5.27. The van der Waals surface area contributed by atoms with E-state index < -0.39 is 36.5 Å². The molecule has 0 saturated heterocycles. The first kappa shape index (κ1) is 23.5. The molecule has 0 aliphatic heterocycles. The molecule has 3 aromatic rings. The number of carbonyl (C=O) groups excluding carboxylic acids is 2. The van der Waals surface area contributed by atoms with Crippen molar-refractivity contribution in [2.24, 2.45) is 0 Å². The minimum atomic E-state index is -1.34. The van der Waals surface area contributed by atoms with Crippen molar-refractivity contribution in [1.82, 2.24) is 10.6 Å². The first-order valence-corrected chi connectivity index (χ1v) is 11.7. The number of amides is 2. The quantitative estimate of drug-likeness (QED) is 0.373. The number of carboxylic acids is 1. The first-order chi connectivity index (χ1) is 16.4. The summed E-state index contributed by atoms with van der Waals surface area (Å²) in [6.07, 6.45) is -2.44. The summed E-state index contributed by atoms with van der Waals surface area (Å²) < 4.78 is 5.42. The van der Waals surface area contributed by atoms with Gasteiger partial charge in [0, 0.05) is 12.5 Å². The number of aliphatic hydroxyl groups excluding tert-OH is 1. The molecule has 0 fully saturated rings. The van der Waals surface area contributed by atoms with Gasteiger partial charge in [-0.2, -0.15) is 11.3 Å². The van der Waals surface area contributed by atoms with Crippen LogP contribution in [0, 0.1) is 0 Å². The lowest BCUT2D eigenvalue weighted by Gasteiger charge is -2.19. The number of thiophene rings is 1. The lowest BCUT2D eigenvalue weighted by molar-refractivity contribution is -0.139. The van der Waals surface area contributed by atoms with Gasteiger partial charge in [0.25, 0.3) is 0 Å². The van der Waals surface area contributed by atoms with Gasteiger partial charge in [-0.1, -0.05) is 48.5 Å². The van der Waals surface area contributed by atoms with E-state index in [0.29, 0.717) is 5.56 Å². The average Bonchev–Trinajstić information content (AvgIpc) is 3.47. The highest BCUT2D eigenvalue weighted by atomic mass is 32.1. The van der Waals surface area contributed by atoms with Crippen molar-refractivity contribution >= 4 is 29.3 Å². The Morgan fingerprint density at radius 3 is 2.24 bits per heavy atom. The normalized spacial score (nSPS) is 13.9. The topological polar surface area (TPSA) is 125 Å². The highest BCUT2D eigenvalue weighted by molar-refractivity contribution is 7.07. The van der Waals surface area contributed by atoms with Crippen molar-refractivity contribution < 1.29 is 29.3 Å². The number of carbonyl (C=O) groups is 3. The summed E-state index contributed by atoms with van der Waals surface area (Å²) in [6.45, 7) is -0.0732. The lowest BCUT2D eigenvalue weighted by atomic mass is 9.98. The van der Waals surface area contributed by atoms with Crippen LogP contribution in [0.25, 0.3) is 11.1 Å². The zero-order valence-corrected chi connectivity index (χ0v) is 19.0. The minimum absolute atomic E-state index is 0.0398. The summed E-state index contributed by atoms with van der Waals surface area (Å²) in [6, 6.07) is 16.2. The molecule has 1 aliphatic carbocycles. The van der Waals surface area contributed by atoms with Crippen molar-refractivity contribution in [3.05, 3.63) is 82.0 Å². The highest BCUT2D eigenvalue weighted by Crippen LogP contribution is 2.44. The van der Waals surface area contributed by atoms with E-state index in [1.165, 1.54) is 11.3 Å². The molecule has 1 aromatic heterocycles. The maximum atomic E-state index is 12.5. The van der Waals surface area contributed by atoms with Crippen molar-refractivity contribution in [2.75, 3.05) is 13.2 Å². The van der Waals surface area contributed by atoms with E-state index in [1.807, 2.05) is 48.5 Å². The zero-order chi connectivity index (χ0) is 24.1. The predicted octanol–water partition coefficient (Wildman–Crippen LogP) is 3.28. The Bertz CT molecular complexity index is 1130. The molecule has 4 rings (SSSR count). The molecule has 9 heteroatoms. The molecule has 1 aliphatic rings. The molecule has 2 unspecified atom stereocenters. The first-order valence-electron chi connectivity index (χ1n) is 10.7. The van der Waals surface area contributed by atoms with Gasteiger partial charge in [-0.05, 0) is 44.6 Å². The maximum Gasteiger partial charge on any atom is 0.407 e. The second-order valence-corrected chi connectivity index (χ2v) is 8.72. The summed E-state index contributed by atoms with van der Waals surface area (Å²) in [5, 5.41) is 27.7. The summed E-state index contributed by atoms with van der Waals surface area (Å²) in [5.41, 5.74) is 4.89. The molecule has 2 aromatic carbocycles. The van der Waals surface area contributed by atoms with Crippen LogP contribution in [0.5, 0.6) is 0 Å². The number of aliphatic carboxylic acids is 1. The summed E-state index contributed by atoms with van der Waals surface area (Å²) in [7, 11) is 0. The van der Waals surface area contributed by atoms with Gasteiger partial charge in [0.2, 0.25) is 5.91 Å². The number of nitrogens with one attached hydrogen (secondary N) is 2. The fraction of sp³-hybridized carbons (Fsp3) is 0.240. The van der Waals surface area contributed by atoms with E-state index in [-0.39, 0.29) is 19.1 Å². The van der Waals surface area contributed by atoms with Crippen molar-refractivity contribution in [3.8, 4) is 11.1 Å². The largest absolute Gasteiger partial charge is 0.481 e. The Morgan fingerprint density at radius 2 is 1.65 bits per heavy atom. The number of benzene rings is 2. The van der Waals surface area contributed by atoms with Crippen LogP contribution in [0.15, 0.2) is 65.4 Å². The molecule has 2 amide bonds. The number of alkyl carbamates (subject to hydrolysis) is 1. The minimum Gasteiger partial charge on any atom is -0.481 e. The van der Waals surface area contributed by atoms with Crippen LogP contribution in [0.1, 0.15) is 35.1 Å². The average molecular weight is 481 g/mol. The van der Waals surface area contributed by atoms with E-state index >= 15 is 0 Å². The molecule has 0 spiro atoms. The van der Waals surface area contributed by atoms with Crippen molar-refractivity contribution in [1.29, 1.82) is 0 Å². The van der Waals surface area contributed by atoms with Gasteiger partial charge in [-0.15, -0.1) is 0 Å². The fourth-order valence-electron chi connectivity index (χ4n) is 4.07. The maximum absolute atomic E-state index is 12.5. The van der Waals surface area contributed by atoms with Gasteiger partial charge >= 0.3 is 12.1 Å². The second kappa shape index (κ2) is 10.5. The van der Waals surface area contributed by atoms with Gasteiger partial charge in [-0.3, -0.25) is 9.59 Å². The monoisotopic (exact) mass is 480 g/mol. The van der Waals surface area contributed by atoms with Gasteiger partial charge in [0.15, 0.2) is 0 Å². The van der Waals surface area contributed by atoms with Crippen LogP contribution in [0.3, 0.4) is 0 Å². The van der Waals surface area contributed by atoms with Crippen LogP contribution < -0.4 is 10.6 Å². The number of fused-ring (bicyclic) bond motifs is 3. The van der Waals surface area contributed by atoms with E-state index in [2.05, 4.69) is 10.6 Å². The van der Waals surface area contributed by atoms with Crippen LogP contribution >= 0.6 is 11.3 Å². The SMILES string of the molecule is O=C(O)CC(NC(=O)OCC1c2ccccc2-c2ccccc21)C(=O)NCC(O)c1ccsc1. The molecule has 8 nitrogen and oxygen atoms in total. The molecule has 0 saturated carbocycles. The third-order valence-corrected chi connectivity index (χ3v) is 6.43. The highest BCUT2D eigenvalue weighted by Gasteiger charge is 2.30. The van der Waals surface area contributed by atoms with Gasteiger partial charge in [-0.25, -0.2) is 4.79 Å². The number of hydrogen-bond acceptors (Lipinski definition) is 6. The van der Waals surface area contributed by atoms with Gasteiger partial charge in [0.1, 0.15) is 12.6 Å². The van der Waals surface area contributed by atoms with E-state index in [1.54, 1.807) is 16.8 Å². The molecule has 34 heavy (non-hydrogen) atoms. The number of rotatable bonds is 9. The molecule has 1 heterocycles. The predicted molar refractivity (Wildman–Crippen MR) is 127 cm³/mol. The van der Waals surface area contributed by atoms with Crippen LogP contribution in [0.4, 0.5) is 4.79 Å². The molecule has 176 valence electrons. The Kier molecular flexibility index (Phi) is 7.24. The summed E-state index contributed by atoms with van der Waals surface area (Å²) >= 11 is 1.41. The summed E-state index contributed by atoms with van der Waals surface area (Å²) in [4.78, 5) is 36.3. The zero-order valence-electron chi connectivity index (χ0n) is 18.1. The Morgan fingerprint density at radius 1 is 1.00 bits per heavy atom. The lowest BCUT2D eigenvalue weighted by Crippen LogP contribution is -2.48. The van der Waals surface area contributed by atoms with Gasteiger partial charge in [0.05, 0.1) is 12.5 Å². The fourth-order valence-corrected chi connectivity index (χ4v) is 4.78. The van der Waals surface area contributed by atoms with E-state index in [0.717, 1.165) is 22.3 Å². The number of carboxylic acid groups (broad SMARTS) is 1. The van der Waals surface area contributed by atoms with E-state index in [4.69, 9.17) is 4.74 Å². The number of aliphatic hydroxyl groups is 1. The van der Waals surface area contributed by atoms with Crippen LogP contribution in [-0.4, -0.2) is 47.4 Å². The second-order valence-electron chi connectivity index (χ2n) is 7.94. The van der Waals surface area contributed by atoms with Crippen molar-refractivity contribution in [3.63, 3.8) is 0 Å². The molecule has 2 atom stereocenters. The smallest absolute Gasteiger partial charge is 0.407 e. The summed E-state index contributed by atoms with van der Waals surface area (Å²) in [5.74, 6) is -2.13. The molecule has 0 bridgehead atoms. The van der Waals surface area contributed by atoms with E-state index in [9.17, 15) is 24.6 Å². The Labute approximate surface area is 200 Å². The van der Waals surface area contributed by atoms with Crippen LogP contribution in [-0.2, 0) is 14.3 Å².